The van der Waals surface area contributed by atoms with Crippen molar-refractivity contribution in [1.29, 1.82) is 0 Å². The maximum atomic E-state index is 11.4. The topological polar surface area (TPSA) is 148 Å². The van der Waals surface area contributed by atoms with Gasteiger partial charge < -0.3 is 5.32 Å². The number of nitrogens with one attached hydrogen (secondary N) is 3. The second-order valence-electron chi connectivity index (χ2n) is 6.11. The summed E-state index contributed by atoms with van der Waals surface area (Å²) in [5.74, 6) is -0.110. The number of hydrazine groups is 1. The molecule has 0 saturated heterocycles. The van der Waals surface area contributed by atoms with Crippen molar-refractivity contribution in [3.05, 3.63) is 50.8 Å². The van der Waals surface area contributed by atoms with Crippen LogP contribution in [0, 0.1) is 20.2 Å². The number of rotatable bonds is 6. The van der Waals surface area contributed by atoms with Crippen LogP contribution in [0.4, 0.5) is 28.7 Å². The fourth-order valence-corrected chi connectivity index (χ4v) is 1.82. The Hall–Kier alpha value is -3.34. The first kappa shape index (κ1) is 18.0. The zero-order valence-electron chi connectivity index (χ0n) is 13.8. The molecular formula is C14H17N7O4. The van der Waals surface area contributed by atoms with E-state index in [1.165, 1.54) is 18.2 Å². The summed E-state index contributed by atoms with van der Waals surface area (Å²) >= 11 is 0. The zero-order chi connectivity index (χ0) is 18.6. The van der Waals surface area contributed by atoms with Gasteiger partial charge in [0, 0.05) is 23.4 Å². The maximum Gasteiger partial charge on any atom is 0.354 e. The number of nitro benzene ring substituents is 1. The molecular weight excluding hydrogens is 330 g/mol. The third-order valence-corrected chi connectivity index (χ3v) is 2.88. The van der Waals surface area contributed by atoms with Gasteiger partial charge in [-0.2, -0.15) is 0 Å². The van der Waals surface area contributed by atoms with Crippen LogP contribution in [-0.4, -0.2) is 25.4 Å². The molecule has 11 nitrogen and oxygen atoms in total. The van der Waals surface area contributed by atoms with Gasteiger partial charge >= 0.3 is 5.69 Å². The Morgan fingerprint density at radius 3 is 2.32 bits per heavy atom. The van der Waals surface area contributed by atoms with E-state index in [4.69, 9.17) is 0 Å². The Labute approximate surface area is 142 Å². The Balaban J connectivity index is 2.36. The first-order valence-corrected chi connectivity index (χ1v) is 7.21. The van der Waals surface area contributed by atoms with Crippen molar-refractivity contribution in [1.82, 2.24) is 15.4 Å². The van der Waals surface area contributed by atoms with Crippen molar-refractivity contribution >= 4 is 28.7 Å². The number of hydrogen-bond acceptors (Lipinski definition) is 9. The van der Waals surface area contributed by atoms with E-state index in [9.17, 15) is 20.2 Å². The predicted octanol–water partition coefficient (Wildman–Crippen LogP) is 2.75. The van der Waals surface area contributed by atoms with Gasteiger partial charge in [-0.25, -0.2) is 15.4 Å². The second-order valence-corrected chi connectivity index (χ2v) is 6.11. The monoisotopic (exact) mass is 347 g/mol. The molecule has 1 heterocycles. The third kappa shape index (κ3) is 4.81. The Morgan fingerprint density at radius 2 is 1.72 bits per heavy atom. The minimum atomic E-state index is -0.633. The molecule has 132 valence electrons. The normalized spacial score (nSPS) is 11.0. The molecule has 0 atom stereocenters. The van der Waals surface area contributed by atoms with Crippen LogP contribution in [0.5, 0.6) is 0 Å². The molecule has 0 aliphatic heterocycles. The fourth-order valence-electron chi connectivity index (χ4n) is 1.82. The van der Waals surface area contributed by atoms with Crippen LogP contribution in [0.1, 0.15) is 20.8 Å². The quantitative estimate of drug-likeness (QED) is 0.529. The summed E-state index contributed by atoms with van der Waals surface area (Å²) in [6.07, 6.45) is 1.15. The first-order chi connectivity index (χ1) is 11.7. The van der Waals surface area contributed by atoms with E-state index < -0.39 is 9.85 Å². The highest BCUT2D eigenvalue weighted by Crippen LogP contribution is 2.31. The maximum absolute atomic E-state index is 11.4. The van der Waals surface area contributed by atoms with Crippen molar-refractivity contribution in [2.75, 3.05) is 10.7 Å². The van der Waals surface area contributed by atoms with Crippen LogP contribution < -0.4 is 16.2 Å². The molecule has 25 heavy (non-hydrogen) atoms. The van der Waals surface area contributed by atoms with E-state index in [-0.39, 0.29) is 28.5 Å². The van der Waals surface area contributed by atoms with Crippen LogP contribution in [0.2, 0.25) is 0 Å². The van der Waals surface area contributed by atoms with E-state index >= 15 is 0 Å². The van der Waals surface area contributed by atoms with Gasteiger partial charge in [-0.05, 0) is 26.8 Å². The standard InChI is InChI=1S/C14H17N7O4/c1-14(2,3)19-18-13-11(21(24)25)12(15-8-16-13)17-9-5-4-6-10(7-9)20(22)23/h4-8,19H,1-3H3,(H2,15,16,17,18). The van der Waals surface area contributed by atoms with E-state index in [1.807, 2.05) is 20.8 Å². The van der Waals surface area contributed by atoms with Gasteiger partial charge in [-0.1, -0.05) is 6.07 Å². The predicted molar refractivity (Wildman–Crippen MR) is 91.6 cm³/mol. The van der Waals surface area contributed by atoms with Crippen molar-refractivity contribution in [2.45, 2.75) is 26.3 Å². The number of non-ortho nitro benzene ring substituents is 1. The highest BCUT2D eigenvalue weighted by atomic mass is 16.6. The summed E-state index contributed by atoms with van der Waals surface area (Å²) in [4.78, 5) is 28.8. The molecule has 0 fully saturated rings. The van der Waals surface area contributed by atoms with Crippen molar-refractivity contribution in [3.8, 4) is 0 Å². The van der Waals surface area contributed by atoms with Crippen LogP contribution in [0.3, 0.4) is 0 Å². The molecule has 3 N–H and O–H groups in total. The highest BCUT2D eigenvalue weighted by Gasteiger charge is 2.24. The molecule has 0 saturated carbocycles. The molecule has 1 aromatic heterocycles. The molecule has 0 unspecified atom stereocenters. The zero-order valence-corrected chi connectivity index (χ0v) is 13.8. The molecule has 0 spiro atoms. The number of benzene rings is 1. The lowest BCUT2D eigenvalue weighted by Crippen LogP contribution is -2.40. The second kappa shape index (κ2) is 7.05. The van der Waals surface area contributed by atoms with Gasteiger partial charge in [0.15, 0.2) is 0 Å². The molecule has 0 aliphatic carbocycles. The molecule has 0 bridgehead atoms. The van der Waals surface area contributed by atoms with Gasteiger partial charge in [0.1, 0.15) is 6.33 Å². The molecule has 11 heteroatoms. The van der Waals surface area contributed by atoms with E-state index in [2.05, 4.69) is 26.1 Å². The lowest BCUT2D eigenvalue weighted by atomic mass is 10.1. The molecule has 2 aromatic rings. The number of aromatic nitrogens is 2. The van der Waals surface area contributed by atoms with Gasteiger partial charge in [0.25, 0.3) is 5.69 Å². The molecule has 0 amide bonds. The van der Waals surface area contributed by atoms with Crippen molar-refractivity contribution < 1.29 is 9.85 Å². The molecule has 0 aliphatic rings. The summed E-state index contributed by atoms with van der Waals surface area (Å²) in [5, 5.41) is 25.0. The fraction of sp³-hybridized carbons (Fsp3) is 0.286. The first-order valence-electron chi connectivity index (χ1n) is 7.21. The molecule has 2 rings (SSSR count). The van der Waals surface area contributed by atoms with Crippen LogP contribution in [0.25, 0.3) is 0 Å². The molecule has 1 aromatic carbocycles. The van der Waals surface area contributed by atoms with Crippen LogP contribution in [0.15, 0.2) is 30.6 Å². The summed E-state index contributed by atoms with van der Waals surface area (Å²) in [6.45, 7) is 5.61. The summed E-state index contributed by atoms with van der Waals surface area (Å²) in [5.41, 5.74) is 5.00. The minimum Gasteiger partial charge on any atom is -0.334 e. The Morgan fingerprint density at radius 1 is 1.04 bits per heavy atom. The van der Waals surface area contributed by atoms with E-state index in [1.54, 1.807) is 6.07 Å². The molecule has 0 radical (unpaired) electrons. The summed E-state index contributed by atoms with van der Waals surface area (Å²) < 4.78 is 0. The average molecular weight is 347 g/mol. The smallest absolute Gasteiger partial charge is 0.334 e. The van der Waals surface area contributed by atoms with Crippen molar-refractivity contribution in [2.24, 2.45) is 0 Å². The Kier molecular flexibility index (Phi) is 5.08. The lowest BCUT2D eigenvalue weighted by molar-refractivity contribution is -0.384. The van der Waals surface area contributed by atoms with Crippen LogP contribution >= 0.6 is 0 Å². The largest absolute Gasteiger partial charge is 0.354 e. The van der Waals surface area contributed by atoms with Gasteiger partial charge in [0.05, 0.1) is 9.85 Å². The highest BCUT2D eigenvalue weighted by molar-refractivity contribution is 5.74. The number of nitro groups is 2. The minimum absolute atomic E-state index is 0.0251. The van der Waals surface area contributed by atoms with Crippen LogP contribution in [-0.2, 0) is 0 Å². The SMILES string of the molecule is CC(C)(C)NNc1ncnc(Nc2cccc([N+](=O)[O-])c2)c1[N+](=O)[O-]. The lowest BCUT2D eigenvalue weighted by Gasteiger charge is -2.21. The summed E-state index contributed by atoms with van der Waals surface area (Å²) in [7, 11) is 0. The number of nitrogens with zero attached hydrogens (tertiary/aromatic N) is 4. The number of anilines is 3. The van der Waals surface area contributed by atoms with Gasteiger partial charge in [0.2, 0.25) is 11.6 Å². The van der Waals surface area contributed by atoms with E-state index in [0.29, 0.717) is 5.69 Å². The Bertz CT molecular complexity index is 804. The summed E-state index contributed by atoms with van der Waals surface area (Å²) in [6, 6.07) is 5.58. The third-order valence-electron chi connectivity index (χ3n) is 2.88. The number of hydrogen-bond donors (Lipinski definition) is 3. The average Bonchev–Trinajstić information content (AvgIpc) is 2.52. The van der Waals surface area contributed by atoms with Gasteiger partial charge in [-0.3, -0.25) is 25.7 Å². The van der Waals surface area contributed by atoms with Crippen molar-refractivity contribution in [3.63, 3.8) is 0 Å². The van der Waals surface area contributed by atoms with Gasteiger partial charge in [-0.15, -0.1) is 0 Å². The van der Waals surface area contributed by atoms with E-state index in [0.717, 1.165) is 6.33 Å².